The van der Waals surface area contributed by atoms with Crippen molar-refractivity contribution in [2.24, 2.45) is 10.3 Å². The summed E-state index contributed by atoms with van der Waals surface area (Å²) in [5.74, 6) is 0.0240. The second kappa shape index (κ2) is 4.88. The van der Waals surface area contributed by atoms with Crippen molar-refractivity contribution in [2.75, 3.05) is 13.1 Å². The zero-order chi connectivity index (χ0) is 11.4. The number of hydrogen-bond donors (Lipinski definition) is 0. The minimum absolute atomic E-state index is 0.0240. The van der Waals surface area contributed by atoms with Crippen LogP contribution in [0.25, 0.3) is 0 Å². The molecule has 16 heavy (non-hydrogen) atoms. The molecule has 0 spiro atoms. The lowest BCUT2D eigenvalue weighted by Crippen LogP contribution is -2.09. The van der Waals surface area contributed by atoms with Gasteiger partial charge in [0.15, 0.2) is 5.78 Å². The van der Waals surface area contributed by atoms with Gasteiger partial charge in [0.2, 0.25) is 0 Å². The molecule has 4 nitrogen and oxygen atoms in total. The maximum Gasteiger partial charge on any atom is 0.162 e. The quantitative estimate of drug-likeness (QED) is 0.577. The third kappa shape index (κ3) is 2.45. The topological polar surface area (TPSA) is 45.0 Å². The molecule has 0 saturated carbocycles. The van der Waals surface area contributed by atoms with Gasteiger partial charge < -0.3 is 0 Å². The monoisotopic (exact) mass is 217 g/mol. The SMILES string of the molecule is CC(=O)c1ccccc1N=NN1CCCC1. The van der Waals surface area contributed by atoms with Crippen LogP contribution in [0, 0.1) is 0 Å². The lowest BCUT2D eigenvalue weighted by atomic mass is 10.1. The van der Waals surface area contributed by atoms with Crippen LogP contribution < -0.4 is 0 Å². The number of nitrogens with zero attached hydrogens (tertiary/aromatic N) is 3. The molecule has 84 valence electrons. The molecule has 0 bridgehead atoms. The van der Waals surface area contributed by atoms with E-state index in [1.807, 2.05) is 23.2 Å². The zero-order valence-corrected chi connectivity index (χ0v) is 9.39. The predicted octanol–water partition coefficient (Wildman–Crippen LogP) is 2.98. The molecule has 1 aromatic carbocycles. The average molecular weight is 217 g/mol. The van der Waals surface area contributed by atoms with Gasteiger partial charge in [0.05, 0.1) is 5.69 Å². The highest BCUT2D eigenvalue weighted by Gasteiger charge is 2.09. The van der Waals surface area contributed by atoms with Gasteiger partial charge in [-0.1, -0.05) is 17.4 Å². The van der Waals surface area contributed by atoms with E-state index in [2.05, 4.69) is 10.3 Å². The van der Waals surface area contributed by atoms with Gasteiger partial charge >= 0.3 is 0 Å². The lowest BCUT2D eigenvalue weighted by Gasteiger charge is -2.07. The third-order valence-corrected chi connectivity index (χ3v) is 2.64. The van der Waals surface area contributed by atoms with Gasteiger partial charge in [-0.15, -0.1) is 5.11 Å². The van der Waals surface area contributed by atoms with E-state index in [1.165, 1.54) is 12.8 Å². The Balaban J connectivity index is 2.16. The molecule has 0 amide bonds. The van der Waals surface area contributed by atoms with Crippen LogP contribution in [0.2, 0.25) is 0 Å². The highest BCUT2D eigenvalue weighted by molar-refractivity contribution is 5.98. The number of benzene rings is 1. The molecule has 1 aliphatic rings. The van der Waals surface area contributed by atoms with Gasteiger partial charge in [0.1, 0.15) is 0 Å². The number of rotatable bonds is 3. The van der Waals surface area contributed by atoms with Gasteiger partial charge in [-0.3, -0.25) is 9.80 Å². The summed E-state index contributed by atoms with van der Waals surface area (Å²) < 4.78 is 0. The van der Waals surface area contributed by atoms with Gasteiger partial charge in [0, 0.05) is 18.7 Å². The summed E-state index contributed by atoms with van der Waals surface area (Å²) in [5.41, 5.74) is 1.28. The fourth-order valence-electron chi connectivity index (χ4n) is 1.76. The lowest BCUT2D eigenvalue weighted by molar-refractivity contribution is 0.101. The standard InChI is InChI=1S/C12H15N3O/c1-10(16)11-6-2-3-7-12(11)13-14-15-8-4-5-9-15/h2-3,6-7H,4-5,8-9H2,1H3. The smallest absolute Gasteiger partial charge is 0.162 e. The zero-order valence-electron chi connectivity index (χ0n) is 9.39. The highest BCUT2D eigenvalue weighted by Crippen LogP contribution is 2.20. The minimum atomic E-state index is 0.0240. The van der Waals surface area contributed by atoms with Crippen molar-refractivity contribution in [1.29, 1.82) is 0 Å². The maximum absolute atomic E-state index is 11.3. The van der Waals surface area contributed by atoms with Crippen LogP contribution in [-0.4, -0.2) is 23.9 Å². The van der Waals surface area contributed by atoms with Gasteiger partial charge in [-0.05, 0) is 31.9 Å². The second-order valence-corrected chi connectivity index (χ2v) is 3.92. The summed E-state index contributed by atoms with van der Waals surface area (Å²) in [5, 5.41) is 10.2. The Morgan fingerprint density at radius 3 is 2.62 bits per heavy atom. The van der Waals surface area contributed by atoms with Crippen molar-refractivity contribution >= 4 is 11.5 Å². The molecule has 0 aliphatic carbocycles. The Bertz CT molecular complexity index is 408. The first-order chi connectivity index (χ1) is 7.77. The van der Waals surface area contributed by atoms with Crippen molar-refractivity contribution in [3.05, 3.63) is 29.8 Å². The van der Waals surface area contributed by atoms with Crippen LogP contribution in [0.5, 0.6) is 0 Å². The Morgan fingerprint density at radius 2 is 1.94 bits per heavy atom. The Labute approximate surface area is 95.0 Å². The molecule has 0 atom stereocenters. The molecule has 4 heteroatoms. The van der Waals surface area contributed by atoms with Gasteiger partial charge in [0.25, 0.3) is 0 Å². The fraction of sp³-hybridized carbons (Fsp3) is 0.417. The van der Waals surface area contributed by atoms with Gasteiger partial charge in [-0.2, -0.15) is 0 Å². The van der Waals surface area contributed by atoms with E-state index in [4.69, 9.17) is 0 Å². The van der Waals surface area contributed by atoms with E-state index in [1.54, 1.807) is 13.0 Å². The van der Waals surface area contributed by atoms with Crippen LogP contribution >= 0.6 is 0 Å². The molecule has 1 aromatic rings. The van der Waals surface area contributed by atoms with Crippen molar-refractivity contribution < 1.29 is 4.79 Å². The van der Waals surface area contributed by atoms with Crippen molar-refractivity contribution in [3.63, 3.8) is 0 Å². The second-order valence-electron chi connectivity index (χ2n) is 3.92. The molecule has 1 aliphatic heterocycles. The Morgan fingerprint density at radius 1 is 1.25 bits per heavy atom. The molecule has 0 unspecified atom stereocenters. The van der Waals surface area contributed by atoms with Crippen molar-refractivity contribution in [3.8, 4) is 0 Å². The normalized spacial score (nSPS) is 15.9. The highest BCUT2D eigenvalue weighted by atomic mass is 16.1. The largest absolute Gasteiger partial charge is 0.294 e. The van der Waals surface area contributed by atoms with Crippen LogP contribution in [0.1, 0.15) is 30.1 Å². The van der Waals surface area contributed by atoms with Crippen molar-refractivity contribution in [1.82, 2.24) is 5.01 Å². The molecular formula is C12H15N3O. The number of Topliss-reactive ketones (excluding diaryl/α,β-unsaturated/α-hetero) is 1. The van der Waals surface area contributed by atoms with Crippen LogP contribution in [0.15, 0.2) is 34.6 Å². The summed E-state index contributed by atoms with van der Waals surface area (Å²) >= 11 is 0. The van der Waals surface area contributed by atoms with Crippen LogP contribution in [0.3, 0.4) is 0 Å². The molecule has 1 saturated heterocycles. The average Bonchev–Trinajstić information content (AvgIpc) is 2.79. The number of ketones is 1. The van der Waals surface area contributed by atoms with Crippen LogP contribution in [0.4, 0.5) is 5.69 Å². The third-order valence-electron chi connectivity index (χ3n) is 2.64. The van der Waals surface area contributed by atoms with E-state index in [9.17, 15) is 4.79 Å². The number of carbonyl (C=O) groups excluding carboxylic acids is 1. The predicted molar refractivity (Wildman–Crippen MR) is 61.8 cm³/mol. The van der Waals surface area contributed by atoms with Crippen molar-refractivity contribution in [2.45, 2.75) is 19.8 Å². The van der Waals surface area contributed by atoms with E-state index in [0.29, 0.717) is 11.3 Å². The summed E-state index contributed by atoms with van der Waals surface area (Å²) in [6, 6.07) is 7.30. The summed E-state index contributed by atoms with van der Waals surface area (Å²) in [7, 11) is 0. The molecule has 0 N–H and O–H groups in total. The molecule has 0 aromatic heterocycles. The molecule has 0 radical (unpaired) electrons. The van der Waals surface area contributed by atoms with E-state index in [-0.39, 0.29) is 5.78 Å². The molecule has 1 fully saturated rings. The van der Waals surface area contributed by atoms with Gasteiger partial charge in [-0.25, -0.2) is 0 Å². The number of carbonyl (C=O) groups is 1. The molecule has 2 rings (SSSR count). The van der Waals surface area contributed by atoms with E-state index < -0.39 is 0 Å². The molecule has 1 heterocycles. The number of hydrogen-bond acceptors (Lipinski definition) is 3. The summed E-state index contributed by atoms with van der Waals surface area (Å²) in [6.07, 6.45) is 2.35. The van der Waals surface area contributed by atoms with E-state index in [0.717, 1.165) is 13.1 Å². The Hall–Kier alpha value is -1.71. The van der Waals surface area contributed by atoms with Crippen LogP contribution in [-0.2, 0) is 0 Å². The maximum atomic E-state index is 11.3. The van der Waals surface area contributed by atoms with E-state index >= 15 is 0 Å². The Kier molecular flexibility index (Phi) is 3.29. The summed E-state index contributed by atoms with van der Waals surface area (Å²) in [6.45, 7) is 3.47. The first-order valence-corrected chi connectivity index (χ1v) is 5.54. The summed E-state index contributed by atoms with van der Waals surface area (Å²) in [4.78, 5) is 11.3. The fourth-order valence-corrected chi connectivity index (χ4v) is 1.76. The first kappa shape index (κ1) is 10.8. The first-order valence-electron chi connectivity index (χ1n) is 5.54. The molecular weight excluding hydrogens is 202 g/mol. The minimum Gasteiger partial charge on any atom is -0.294 e.